The van der Waals surface area contributed by atoms with Crippen LogP contribution in [0.25, 0.3) is 0 Å². The Balaban J connectivity index is 2.03. The van der Waals surface area contributed by atoms with Gasteiger partial charge in [-0.25, -0.2) is 0 Å². The zero-order valence-electron chi connectivity index (χ0n) is 10.4. The van der Waals surface area contributed by atoms with Crippen molar-refractivity contribution in [3.05, 3.63) is 35.4 Å². The van der Waals surface area contributed by atoms with E-state index >= 15 is 0 Å². The van der Waals surface area contributed by atoms with Crippen molar-refractivity contribution < 1.29 is 15.0 Å². The van der Waals surface area contributed by atoms with Crippen LogP contribution in [0.5, 0.6) is 0 Å². The maximum Gasteiger partial charge on any atom is 0.226 e. The molecule has 1 aromatic rings. The Hall–Kier alpha value is -1.39. The molecule has 1 aromatic carbocycles. The zero-order valence-corrected chi connectivity index (χ0v) is 10.4. The molecule has 0 atom stereocenters. The molecule has 18 heavy (non-hydrogen) atoms. The van der Waals surface area contributed by atoms with Gasteiger partial charge >= 0.3 is 0 Å². The lowest BCUT2D eigenvalue weighted by molar-refractivity contribution is -0.136. The Morgan fingerprint density at radius 1 is 1.11 bits per heavy atom. The highest BCUT2D eigenvalue weighted by atomic mass is 16.3. The van der Waals surface area contributed by atoms with E-state index in [-0.39, 0.29) is 25.0 Å². The number of aliphatic hydroxyl groups is 2. The van der Waals surface area contributed by atoms with Crippen molar-refractivity contribution in [1.82, 2.24) is 4.90 Å². The first-order chi connectivity index (χ1) is 8.76. The van der Waals surface area contributed by atoms with E-state index in [2.05, 4.69) is 12.1 Å². The van der Waals surface area contributed by atoms with Gasteiger partial charge in [0.15, 0.2) is 0 Å². The minimum absolute atomic E-state index is 0.0364. The summed E-state index contributed by atoms with van der Waals surface area (Å²) in [6.45, 7) is 0.468. The fraction of sp³-hybridized carbons (Fsp3) is 0.500. The molecule has 4 nitrogen and oxygen atoms in total. The molecule has 0 heterocycles. The highest BCUT2D eigenvalue weighted by Crippen LogP contribution is 2.27. The highest BCUT2D eigenvalue weighted by molar-refractivity contribution is 5.80. The van der Waals surface area contributed by atoms with E-state index in [9.17, 15) is 4.79 Å². The molecule has 98 valence electrons. The Kier molecular flexibility index (Phi) is 4.33. The minimum Gasteiger partial charge on any atom is -0.395 e. The van der Waals surface area contributed by atoms with Crippen LogP contribution in [0, 0.1) is 5.92 Å². The summed E-state index contributed by atoms with van der Waals surface area (Å²) in [4.78, 5) is 13.8. The van der Waals surface area contributed by atoms with E-state index in [4.69, 9.17) is 10.2 Å². The Bertz CT molecular complexity index is 388. The fourth-order valence-electron chi connectivity index (χ4n) is 2.57. The molecule has 2 rings (SSSR count). The van der Waals surface area contributed by atoms with E-state index in [0.717, 1.165) is 12.8 Å². The zero-order chi connectivity index (χ0) is 13.0. The van der Waals surface area contributed by atoms with Gasteiger partial charge in [-0.3, -0.25) is 4.79 Å². The van der Waals surface area contributed by atoms with E-state index in [0.29, 0.717) is 13.1 Å². The third-order valence-corrected chi connectivity index (χ3v) is 3.45. The van der Waals surface area contributed by atoms with Gasteiger partial charge in [0.05, 0.1) is 13.2 Å². The molecule has 0 fully saturated rings. The number of hydrogen-bond acceptors (Lipinski definition) is 3. The average Bonchev–Trinajstić information content (AvgIpc) is 2.81. The maximum absolute atomic E-state index is 12.3. The summed E-state index contributed by atoms with van der Waals surface area (Å²) in [5.41, 5.74) is 2.48. The van der Waals surface area contributed by atoms with Crippen LogP contribution in [0.3, 0.4) is 0 Å². The van der Waals surface area contributed by atoms with Crippen molar-refractivity contribution in [2.24, 2.45) is 5.92 Å². The molecular weight excluding hydrogens is 230 g/mol. The Morgan fingerprint density at radius 3 is 2.06 bits per heavy atom. The van der Waals surface area contributed by atoms with E-state index in [1.54, 1.807) is 4.90 Å². The van der Waals surface area contributed by atoms with Gasteiger partial charge < -0.3 is 15.1 Å². The normalized spacial score (nSPS) is 14.6. The van der Waals surface area contributed by atoms with Crippen molar-refractivity contribution in [1.29, 1.82) is 0 Å². The van der Waals surface area contributed by atoms with Crippen LogP contribution in [0.1, 0.15) is 11.1 Å². The van der Waals surface area contributed by atoms with Crippen molar-refractivity contribution in [3.63, 3.8) is 0 Å². The van der Waals surface area contributed by atoms with Gasteiger partial charge in [0.25, 0.3) is 0 Å². The van der Waals surface area contributed by atoms with Crippen LogP contribution < -0.4 is 0 Å². The number of amides is 1. The third kappa shape index (κ3) is 2.71. The van der Waals surface area contributed by atoms with Gasteiger partial charge in [0.2, 0.25) is 5.91 Å². The molecule has 0 saturated carbocycles. The molecule has 4 heteroatoms. The lowest BCUT2D eigenvalue weighted by Gasteiger charge is -2.23. The van der Waals surface area contributed by atoms with Crippen LogP contribution in [-0.4, -0.2) is 47.3 Å². The molecule has 2 N–H and O–H groups in total. The summed E-state index contributed by atoms with van der Waals surface area (Å²) in [5, 5.41) is 17.9. The second-order valence-electron chi connectivity index (χ2n) is 4.65. The lowest BCUT2D eigenvalue weighted by Crippen LogP contribution is -2.40. The van der Waals surface area contributed by atoms with E-state index in [1.165, 1.54) is 11.1 Å². The number of aliphatic hydroxyl groups excluding tert-OH is 2. The molecule has 0 unspecified atom stereocenters. The first-order valence-corrected chi connectivity index (χ1v) is 6.33. The predicted molar refractivity (Wildman–Crippen MR) is 68.1 cm³/mol. The predicted octanol–water partition coefficient (Wildman–Crippen LogP) is 0.215. The molecule has 0 spiro atoms. The van der Waals surface area contributed by atoms with Gasteiger partial charge in [-0.1, -0.05) is 24.3 Å². The summed E-state index contributed by atoms with van der Waals surface area (Å²) in [6.07, 6.45) is 1.53. The first-order valence-electron chi connectivity index (χ1n) is 6.33. The monoisotopic (exact) mass is 249 g/mol. The van der Waals surface area contributed by atoms with Gasteiger partial charge in [-0.2, -0.15) is 0 Å². The SMILES string of the molecule is O=C(C1Cc2ccccc2C1)N(CCO)CCO. The number of hydrogen-bond donors (Lipinski definition) is 2. The number of carbonyl (C=O) groups excluding carboxylic acids is 1. The molecular formula is C14H19NO3. The fourth-order valence-corrected chi connectivity index (χ4v) is 2.57. The largest absolute Gasteiger partial charge is 0.395 e. The molecule has 0 bridgehead atoms. The summed E-state index contributed by atoms with van der Waals surface area (Å²) in [7, 11) is 0. The molecule has 0 aromatic heterocycles. The van der Waals surface area contributed by atoms with Crippen LogP contribution in [0.4, 0.5) is 0 Å². The Labute approximate surface area is 107 Å². The molecule has 0 aliphatic heterocycles. The number of fused-ring (bicyclic) bond motifs is 1. The van der Waals surface area contributed by atoms with E-state index < -0.39 is 0 Å². The van der Waals surface area contributed by atoms with Crippen LogP contribution in [-0.2, 0) is 17.6 Å². The quantitative estimate of drug-likeness (QED) is 0.784. The Morgan fingerprint density at radius 2 is 1.61 bits per heavy atom. The molecule has 0 radical (unpaired) electrons. The average molecular weight is 249 g/mol. The van der Waals surface area contributed by atoms with Crippen LogP contribution in [0.2, 0.25) is 0 Å². The van der Waals surface area contributed by atoms with Crippen LogP contribution in [0.15, 0.2) is 24.3 Å². The summed E-state index contributed by atoms with van der Waals surface area (Å²) < 4.78 is 0. The standard InChI is InChI=1S/C14H19NO3/c16-7-5-15(6-8-17)14(18)13-9-11-3-1-2-4-12(11)10-13/h1-4,13,16-17H,5-10H2. The molecule has 0 saturated heterocycles. The maximum atomic E-state index is 12.3. The summed E-state index contributed by atoms with van der Waals surface area (Å²) in [6, 6.07) is 8.10. The smallest absolute Gasteiger partial charge is 0.226 e. The van der Waals surface area contributed by atoms with Crippen molar-refractivity contribution in [3.8, 4) is 0 Å². The lowest BCUT2D eigenvalue weighted by atomic mass is 10.0. The number of nitrogens with zero attached hydrogens (tertiary/aromatic N) is 1. The molecule has 1 aliphatic rings. The van der Waals surface area contributed by atoms with Gasteiger partial charge in [0, 0.05) is 19.0 Å². The number of carbonyl (C=O) groups is 1. The number of benzene rings is 1. The van der Waals surface area contributed by atoms with Crippen molar-refractivity contribution in [2.45, 2.75) is 12.8 Å². The number of rotatable bonds is 5. The molecule has 1 aliphatic carbocycles. The second-order valence-corrected chi connectivity index (χ2v) is 4.65. The minimum atomic E-state index is -0.0641. The van der Waals surface area contributed by atoms with E-state index in [1.807, 2.05) is 12.1 Å². The third-order valence-electron chi connectivity index (χ3n) is 3.45. The van der Waals surface area contributed by atoms with Crippen molar-refractivity contribution in [2.75, 3.05) is 26.3 Å². The van der Waals surface area contributed by atoms with Crippen LogP contribution >= 0.6 is 0 Å². The summed E-state index contributed by atoms with van der Waals surface area (Å²) >= 11 is 0. The topological polar surface area (TPSA) is 60.8 Å². The highest BCUT2D eigenvalue weighted by Gasteiger charge is 2.29. The first kappa shape index (κ1) is 13.1. The molecule has 1 amide bonds. The summed E-state index contributed by atoms with van der Waals surface area (Å²) in [5.74, 6) is -0.00481. The van der Waals surface area contributed by atoms with Crippen molar-refractivity contribution >= 4 is 5.91 Å². The second kappa shape index (κ2) is 5.98. The van der Waals surface area contributed by atoms with Gasteiger partial charge in [0.1, 0.15) is 0 Å². The van der Waals surface area contributed by atoms with Gasteiger partial charge in [-0.15, -0.1) is 0 Å². The van der Waals surface area contributed by atoms with Gasteiger partial charge in [-0.05, 0) is 24.0 Å².